The lowest BCUT2D eigenvalue weighted by molar-refractivity contribution is -0.121. The van der Waals surface area contributed by atoms with E-state index in [9.17, 15) is 18.0 Å². The van der Waals surface area contributed by atoms with Crippen molar-refractivity contribution in [1.82, 2.24) is 9.79 Å². The van der Waals surface area contributed by atoms with Gasteiger partial charge < -0.3 is 4.90 Å². The summed E-state index contributed by atoms with van der Waals surface area (Å²) >= 11 is 0. The first-order chi connectivity index (χ1) is 12.5. The van der Waals surface area contributed by atoms with E-state index in [1.807, 2.05) is 0 Å². The lowest BCUT2D eigenvalue weighted by atomic mass is 10.1. The van der Waals surface area contributed by atoms with Crippen molar-refractivity contribution in [3.05, 3.63) is 24.3 Å². The van der Waals surface area contributed by atoms with Crippen LogP contribution in [0.2, 0.25) is 0 Å². The van der Waals surface area contributed by atoms with E-state index >= 15 is 0 Å². The smallest absolute Gasteiger partial charge is 0.262 e. The van der Waals surface area contributed by atoms with Crippen LogP contribution in [0.15, 0.2) is 29.2 Å². The second-order valence-corrected chi connectivity index (χ2v) is 8.10. The number of piperidine rings is 1. The fourth-order valence-electron chi connectivity index (χ4n) is 3.16. The summed E-state index contributed by atoms with van der Waals surface area (Å²) in [7, 11) is -3.81. The van der Waals surface area contributed by atoms with Crippen LogP contribution >= 0.6 is 0 Å². The van der Waals surface area contributed by atoms with E-state index in [0.29, 0.717) is 12.2 Å². The van der Waals surface area contributed by atoms with E-state index in [-0.39, 0.29) is 36.2 Å². The molecule has 2 heterocycles. The minimum atomic E-state index is -3.81. The summed E-state index contributed by atoms with van der Waals surface area (Å²) in [6.07, 6.45) is 3.95. The maximum absolute atomic E-state index is 12.2. The van der Waals surface area contributed by atoms with Crippen LogP contribution in [0.1, 0.15) is 32.1 Å². The molecule has 2 saturated heterocycles. The van der Waals surface area contributed by atoms with Gasteiger partial charge in [0.05, 0.1) is 17.2 Å². The molecule has 1 aromatic rings. The van der Waals surface area contributed by atoms with Crippen molar-refractivity contribution in [3.63, 3.8) is 0 Å². The van der Waals surface area contributed by atoms with Gasteiger partial charge in [-0.1, -0.05) is 11.3 Å². The zero-order chi connectivity index (χ0) is 18.6. The predicted octanol–water partition coefficient (Wildman–Crippen LogP) is 1.04. The fourth-order valence-corrected chi connectivity index (χ4v) is 3.99. The van der Waals surface area contributed by atoms with E-state index in [4.69, 9.17) is 4.84 Å². The first kappa shape index (κ1) is 19.0. The summed E-state index contributed by atoms with van der Waals surface area (Å²) in [4.78, 5) is 34.0. The zero-order valence-electron chi connectivity index (χ0n) is 14.5. The number of nitrogens with zero attached hydrogens (tertiary/aromatic N) is 2. The molecule has 0 bridgehead atoms. The first-order valence-corrected chi connectivity index (χ1v) is 10.3. The molecule has 0 aliphatic carbocycles. The van der Waals surface area contributed by atoms with Crippen molar-refractivity contribution in [1.29, 1.82) is 0 Å². The summed E-state index contributed by atoms with van der Waals surface area (Å²) in [5.74, 6) is -0.547. The molecule has 1 N–H and O–H groups in total. The third-order valence-corrected chi connectivity index (χ3v) is 5.81. The van der Waals surface area contributed by atoms with E-state index in [0.717, 1.165) is 18.0 Å². The minimum Gasteiger partial charge on any atom is -0.301 e. The minimum absolute atomic E-state index is 0.0123. The van der Waals surface area contributed by atoms with Crippen molar-refractivity contribution < 1.29 is 22.8 Å². The molecule has 142 valence electrons. The van der Waals surface area contributed by atoms with Gasteiger partial charge in [0.15, 0.2) is 0 Å². The van der Waals surface area contributed by atoms with Gasteiger partial charge >= 0.3 is 0 Å². The highest BCUT2D eigenvalue weighted by atomic mass is 32.2. The number of hydrogen-bond acceptors (Lipinski definition) is 6. The predicted molar refractivity (Wildman–Crippen MR) is 94.7 cm³/mol. The Hall–Kier alpha value is -1.81. The Balaban J connectivity index is 1.53. The van der Waals surface area contributed by atoms with Crippen molar-refractivity contribution in [2.24, 2.45) is 0 Å². The number of likely N-dealkylation sites (tertiary alicyclic amines) is 1. The van der Waals surface area contributed by atoms with Crippen LogP contribution in [0.3, 0.4) is 0 Å². The van der Waals surface area contributed by atoms with Gasteiger partial charge in [0.1, 0.15) is 0 Å². The van der Waals surface area contributed by atoms with Gasteiger partial charge in [-0.05, 0) is 50.2 Å². The second-order valence-electron chi connectivity index (χ2n) is 6.45. The molecule has 2 aliphatic rings. The number of nitrogens with one attached hydrogen (secondary N) is 1. The van der Waals surface area contributed by atoms with Gasteiger partial charge in [-0.25, -0.2) is 8.42 Å². The topological polar surface area (TPSA) is 96.0 Å². The molecule has 0 radical (unpaired) electrons. The van der Waals surface area contributed by atoms with Crippen LogP contribution < -0.4 is 9.79 Å². The monoisotopic (exact) mass is 381 g/mol. The standard InChI is InChI=1S/C17H23N3O5S/c21-16-8-9-17(22)20(16)14-4-6-15(7-5-14)26(23,24)18-25-13-12-19-10-2-1-3-11-19/h4-7,18H,1-3,8-13H2. The Kier molecular flexibility index (Phi) is 6.02. The van der Waals surface area contributed by atoms with E-state index in [2.05, 4.69) is 9.79 Å². The van der Waals surface area contributed by atoms with Crippen molar-refractivity contribution in [3.8, 4) is 0 Å². The van der Waals surface area contributed by atoms with Crippen LogP contribution in [0.5, 0.6) is 0 Å². The maximum atomic E-state index is 12.2. The SMILES string of the molecule is O=C1CCC(=O)N1c1ccc(S(=O)(=O)NOCCN2CCCCC2)cc1. The molecule has 2 amide bonds. The number of imide groups is 1. The number of rotatable bonds is 7. The molecular weight excluding hydrogens is 358 g/mol. The summed E-state index contributed by atoms with van der Waals surface area (Å²) < 4.78 is 24.5. The van der Waals surface area contributed by atoms with Gasteiger partial charge in [0.2, 0.25) is 11.8 Å². The highest BCUT2D eigenvalue weighted by molar-refractivity contribution is 7.89. The largest absolute Gasteiger partial charge is 0.301 e. The van der Waals surface area contributed by atoms with Gasteiger partial charge in [0.25, 0.3) is 10.0 Å². The van der Waals surface area contributed by atoms with Crippen LogP contribution in [0.25, 0.3) is 0 Å². The molecule has 0 saturated carbocycles. The Morgan fingerprint density at radius 2 is 1.58 bits per heavy atom. The summed E-state index contributed by atoms with van der Waals surface area (Å²) in [5.41, 5.74) is 0.377. The van der Waals surface area contributed by atoms with E-state index in [1.54, 1.807) is 0 Å². The molecule has 26 heavy (non-hydrogen) atoms. The average molecular weight is 381 g/mol. The average Bonchev–Trinajstić information content (AvgIpc) is 2.98. The van der Waals surface area contributed by atoms with Crippen molar-refractivity contribution >= 4 is 27.5 Å². The Morgan fingerprint density at radius 1 is 0.962 bits per heavy atom. The molecule has 9 heteroatoms. The Morgan fingerprint density at radius 3 is 2.19 bits per heavy atom. The number of amides is 2. The number of benzene rings is 1. The van der Waals surface area contributed by atoms with Crippen LogP contribution in [-0.4, -0.2) is 51.4 Å². The third-order valence-electron chi connectivity index (χ3n) is 4.58. The fraction of sp³-hybridized carbons (Fsp3) is 0.529. The van der Waals surface area contributed by atoms with Crippen LogP contribution in [0.4, 0.5) is 5.69 Å². The van der Waals surface area contributed by atoms with Crippen LogP contribution in [0, 0.1) is 0 Å². The van der Waals surface area contributed by atoms with E-state index < -0.39 is 10.0 Å². The highest BCUT2D eigenvalue weighted by Crippen LogP contribution is 2.23. The van der Waals surface area contributed by atoms with Crippen molar-refractivity contribution in [2.75, 3.05) is 31.1 Å². The van der Waals surface area contributed by atoms with Crippen molar-refractivity contribution in [2.45, 2.75) is 37.0 Å². The number of hydrogen-bond donors (Lipinski definition) is 1. The van der Waals surface area contributed by atoms with Gasteiger partial charge in [-0.15, -0.1) is 0 Å². The summed E-state index contributed by atoms with van der Waals surface area (Å²) in [6.45, 7) is 2.99. The first-order valence-electron chi connectivity index (χ1n) is 8.79. The molecular formula is C17H23N3O5S. The Bertz CT molecular complexity index is 741. The molecule has 0 atom stereocenters. The lowest BCUT2D eigenvalue weighted by Gasteiger charge is -2.25. The maximum Gasteiger partial charge on any atom is 0.262 e. The molecule has 2 fully saturated rings. The summed E-state index contributed by atoms with van der Waals surface area (Å²) in [5, 5.41) is 0. The van der Waals surface area contributed by atoms with Gasteiger partial charge in [-0.2, -0.15) is 0 Å². The third kappa shape index (κ3) is 4.47. The second kappa shape index (κ2) is 8.26. The number of anilines is 1. The molecule has 1 aromatic carbocycles. The van der Waals surface area contributed by atoms with Gasteiger partial charge in [-0.3, -0.25) is 19.3 Å². The lowest BCUT2D eigenvalue weighted by Crippen LogP contribution is -2.35. The highest BCUT2D eigenvalue weighted by Gasteiger charge is 2.30. The van der Waals surface area contributed by atoms with Crippen LogP contribution in [-0.2, 0) is 24.4 Å². The normalized spacial score (nSPS) is 19.3. The molecule has 8 nitrogen and oxygen atoms in total. The zero-order valence-corrected chi connectivity index (χ0v) is 15.3. The Labute approximate surface area is 153 Å². The number of carbonyl (C=O) groups excluding carboxylic acids is 2. The summed E-state index contributed by atoms with van der Waals surface area (Å²) in [6, 6.07) is 5.60. The quantitative estimate of drug-likeness (QED) is 0.431. The molecule has 2 aliphatic heterocycles. The van der Waals surface area contributed by atoms with Gasteiger partial charge in [0, 0.05) is 19.4 Å². The molecule has 3 rings (SSSR count). The molecule has 0 unspecified atom stereocenters. The van der Waals surface area contributed by atoms with E-state index in [1.165, 1.54) is 43.5 Å². The number of carbonyl (C=O) groups is 2. The number of sulfonamides is 1. The molecule has 0 aromatic heterocycles. The molecule has 0 spiro atoms.